The summed E-state index contributed by atoms with van der Waals surface area (Å²) < 4.78 is 19.9. The predicted molar refractivity (Wildman–Crippen MR) is 83.6 cm³/mol. The normalized spacial score (nSPS) is 14.5. The first kappa shape index (κ1) is 16.8. The maximum absolute atomic E-state index is 13.7. The molecule has 1 aromatic heterocycles. The molecular weight excluding hydrogens is 331 g/mol. The van der Waals surface area contributed by atoms with Gasteiger partial charge in [-0.3, -0.25) is 4.79 Å². The highest BCUT2D eigenvalue weighted by molar-refractivity contribution is 5.98. The maximum Gasteiger partial charge on any atom is 0.409 e. The van der Waals surface area contributed by atoms with Crippen molar-refractivity contribution in [3.63, 3.8) is 0 Å². The van der Waals surface area contributed by atoms with E-state index in [2.05, 4.69) is 15.5 Å². The fraction of sp³-hybridized carbons (Fsp3) is 0.400. The first-order valence-corrected chi connectivity index (χ1v) is 7.84. The van der Waals surface area contributed by atoms with Gasteiger partial charge in [-0.25, -0.2) is 9.18 Å². The van der Waals surface area contributed by atoms with E-state index < -0.39 is 11.9 Å². The molecule has 1 aliphatic heterocycles. The van der Waals surface area contributed by atoms with Gasteiger partial charge in [-0.2, -0.15) is 4.68 Å². The molecule has 0 atom stereocenters. The van der Waals surface area contributed by atoms with Crippen LogP contribution < -0.4 is 0 Å². The van der Waals surface area contributed by atoms with E-state index in [1.807, 2.05) is 0 Å². The number of halogens is 1. The summed E-state index contributed by atoms with van der Waals surface area (Å²) in [5.41, 5.74) is 0.557. The van der Waals surface area contributed by atoms with Crippen LogP contribution in [-0.4, -0.2) is 74.8 Å². The highest BCUT2D eigenvalue weighted by Crippen LogP contribution is 2.18. The highest BCUT2D eigenvalue weighted by atomic mass is 19.1. The van der Waals surface area contributed by atoms with E-state index in [4.69, 9.17) is 4.74 Å². The molecule has 0 aliphatic carbocycles. The monoisotopic (exact) mass is 348 g/mol. The fourth-order valence-electron chi connectivity index (χ4n) is 2.63. The summed E-state index contributed by atoms with van der Waals surface area (Å²) in [4.78, 5) is 27.6. The topological polar surface area (TPSA) is 93.5 Å². The van der Waals surface area contributed by atoms with Crippen molar-refractivity contribution < 1.29 is 18.7 Å². The number of aromatic nitrogens is 4. The van der Waals surface area contributed by atoms with Crippen molar-refractivity contribution in [2.24, 2.45) is 0 Å². The third-order valence-electron chi connectivity index (χ3n) is 3.88. The Morgan fingerprint density at radius 2 is 1.92 bits per heavy atom. The number of hydrogen-bond donors (Lipinski definition) is 0. The molecule has 2 amide bonds. The Bertz CT molecular complexity index is 759. The van der Waals surface area contributed by atoms with E-state index in [1.54, 1.807) is 16.7 Å². The molecule has 132 valence electrons. The molecule has 0 N–H and O–H groups in total. The Kier molecular flexibility index (Phi) is 4.87. The molecule has 1 aliphatic rings. The van der Waals surface area contributed by atoms with Crippen molar-refractivity contribution in [2.75, 3.05) is 32.8 Å². The minimum absolute atomic E-state index is 0.164. The summed E-state index contributed by atoms with van der Waals surface area (Å²) in [5.74, 6) is -0.862. The van der Waals surface area contributed by atoms with Crippen molar-refractivity contribution in [3.05, 3.63) is 35.9 Å². The highest BCUT2D eigenvalue weighted by Gasteiger charge is 2.27. The first-order valence-electron chi connectivity index (χ1n) is 7.84. The van der Waals surface area contributed by atoms with Crippen molar-refractivity contribution in [3.8, 4) is 5.69 Å². The summed E-state index contributed by atoms with van der Waals surface area (Å²) >= 11 is 0. The van der Waals surface area contributed by atoms with Crippen LogP contribution in [0.5, 0.6) is 0 Å². The van der Waals surface area contributed by atoms with Gasteiger partial charge < -0.3 is 14.5 Å². The van der Waals surface area contributed by atoms with Crippen LogP contribution in [0.1, 0.15) is 17.3 Å². The largest absolute Gasteiger partial charge is 0.450 e. The van der Waals surface area contributed by atoms with Gasteiger partial charge in [0.1, 0.15) is 12.1 Å². The van der Waals surface area contributed by atoms with Gasteiger partial charge in [-0.15, -0.1) is 5.10 Å². The Labute approximate surface area is 143 Å². The zero-order valence-electron chi connectivity index (χ0n) is 13.6. The molecule has 25 heavy (non-hydrogen) atoms. The summed E-state index contributed by atoms with van der Waals surface area (Å²) in [5, 5.41) is 10.8. The second-order valence-electron chi connectivity index (χ2n) is 5.39. The van der Waals surface area contributed by atoms with Crippen LogP contribution in [0.4, 0.5) is 9.18 Å². The number of piperazine rings is 1. The van der Waals surface area contributed by atoms with Gasteiger partial charge in [-0.1, -0.05) is 0 Å². The summed E-state index contributed by atoms with van der Waals surface area (Å²) in [7, 11) is 0. The molecule has 1 fully saturated rings. The standard InChI is InChI=1S/C15H17FN6O3/c1-2-25-15(24)21-7-5-20(6-8-21)14(23)12-9-11(16)3-4-13(12)22-10-17-18-19-22/h3-4,9-10H,2,5-8H2,1H3. The lowest BCUT2D eigenvalue weighted by Crippen LogP contribution is -2.50. The van der Waals surface area contributed by atoms with Crippen LogP contribution in [-0.2, 0) is 4.74 Å². The van der Waals surface area contributed by atoms with Crippen LogP contribution in [0, 0.1) is 5.82 Å². The number of rotatable bonds is 3. The van der Waals surface area contributed by atoms with Gasteiger partial charge in [0, 0.05) is 26.2 Å². The van der Waals surface area contributed by atoms with Gasteiger partial charge in [-0.05, 0) is 35.5 Å². The summed E-state index contributed by atoms with van der Waals surface area (Å²) in [6.45, 7) is 3.44. The molecule has 3 rings (SSSR count). The number of carbonyl (C=O) groups excluding carboxylic acids is 2. The Morgan fingerprint density at radius 1 is 1.20 bits per heavy atom. The molecule has 1 aromatic carbocycles. The first-order chi connectivity index (χ1) is 12.1. The van der Waals surface area contributed by atoms with Gasteiger partial charge >= 0.3 is 6.09 Å². The van der Waals surface area contributed by atoms with Crippen molar-refractivity contribution in [1.82, 2.24) is 30.0 Å². The van der Waals surface area contributed by atoms with Crippen LogP contribution in [0.2, 0.25) is 0 Å². The van der Waals surface area contributed by atoms with E-state index in [-0.39, 0.29) is 11.5 Å². The predicted octanol–water partition coefficient (Wildman–Crippen LogP) is 0.716. The van der Waals surface area contributed by atoms with E-state index in [9.17, 15) is 14.0 Å². The number of tetrazole rings is 1. The van der Waals surface area contributed by atoms with Crippen LogP contribution in [0.15, 0.2) is 24.5 Å². The molecule has 9 nitrogen and oxygen atoms in total. The smallest absolute Gasteiger partial charge is 0.409 e. The van der Waals surface area contributed by atoms with E-state index in [0.717, 1.165) is 6.07 Å². The second kappa shape index (κ2) is 7.24. The van der Waals surface area contributed by atoms with Gasteiger partial charge in [0.15, 0.2) is 0 Å². The third kappa shape index (κ3) is 3.57. The minimum atomic E-state index is -0.523. The lowest BCUT2D eigenvalue weighted by molar-refractivity contribution is 0.0570. The van der Waals surface area contributed by atoms with Crippen molar-refractivity contribution in [2.45, 2.75) is 6.92 Å². The fourth-order valence-corrected chi connectivity index (χ4v) is 2.63. The SMILES string of the molecule is CCOC(=O)N1CCN(C(=O)c2cc(F)ccc2-n2cnnn2)CC1. The third-order valence-corrected chi connectivity index (χ3v) is 3.88. The average molecular weight is 348 g/mol. The molecule has 1 saturated heterocycles. The van der Waals surface area contributed by atoms with Gasteiger partial charge in [0.2, 0.25) is 0 Å². The molecule has 2 aromatic rings. The number of amides is 2. The summed E-state index contributed by atoms with van der Waals surface area (Å²) in [6.07, 6.45) is 0.942. The average Bonchev–Trinajstić information content (AvgIpc) is 3.16. The van der Waals surface area contributed by atoms with Crippen LogP contribution in [0.3, 0.4) is 0 Å². The molecule has 0 radical (unpaired) electrons. The molecule has 0 bridgehead atoms. The van der Waals surface area contributed by atoms with Gasteiger partial charge in [0.25, 0.3) is 5.91 Å². The molecule has 0 unspecified atom stereocenters. The van der Waals surface area contributed by atoms with Crippen molar-refractivity contribution in [1.29, 1.82) is 0 Å². The molecule has 10 heteroatoms. The zero-order chi connectivity index (χ0) is 17.8. The Morgan fingerprint density at radius 3 is 2.56 bits per heavy atom. The minimum Gasteiger partial charge on any atom is -0.450 e. The number of carbonyl (C=O) groups is 2. The quantitative estimate of drug-likeness (QED) is 0.811. The molecule has 2 heterocycles. The zero-order valence-corrected chi connectivity index (χ0v) is 13.6. The van der Waals surface area contributed by atoms with Crippen LogP contribution >= 0.6 is 0 Å². The number of nitrogens with zero attached hydrogens (tertiary/aromatic N) is 6. The van der Waals surface area contributed by atoms with E-state index in [1.165, 1.54) is 23.1 Å². The lowest BCUT2D eigenvalue weighted by Gasteiger charge is -2.34. The second-order valence-corrected chi connectivity index (χ2v) is 5.39. The number of benzene rings is 1. The van der Waals surface area contributed by atoms with Gasteiger partial charge in [0.05, 0.1) is 17.9 Å². The van der Waals surface area contributed by atoms with E-state index >= 15 is 0 Å². The Balaban J connectivity index is 1.76. The lowest BCUT2D eigenvalue weighted by atomic mass is 10.1. The Hall–Kier alpha value is -3.04. The molecular formula is C15H17FN6O3. The number of hydrogen-bond acceptors (Lipinski definition) is 6. The molecule has 0 saturated carbocycles. The van der Waals surface area contributed by atoms with Crippen molar-refractivity contribution >= 4 is 12.0 Å². The van der Waals surface area contributed by atoms with Crippen LogP contribution in [0.25, 0.3) is 5.69 Å². The summed E-state index contributed by atoms with van der Waals surface area (Å²) in [6, 6.07) is 3.86. The van der Waals surface area contributed by atoms with E-state index in [0.29, 0.717) is 38.5 Å². The number of ether oxygens (including phenoxy) is 1. The molecule has 0 spiro atoms. The maximum atomic E-state index is 13.7.